The van der Waals surface area contributed by atoms with Gasteiger partial charge in [-0.3, -0.25) is 0 Å². The molecule has 0 N–H and O–H groups in total. The van der Waals surface area contributed by atoms with Gasteiger partial charge in [-0.15, -0.1) is 12.4 Å². The number of hydrogen-bond acceptors (Lipinski definition) is 3. The molecule has 0 unspecified atom stereocenters. The summed E-state index contributed by atoms with van der Waals surface area (Å²) in [5, 5.41) is 0. The van der Waals surface area contributed by atoms with Crippen molar-refractivity contribution in [3.8, 4) is 0 Å². The van der Waals surface area contributed by atoms with E-state index in [1.165, 1.54) is 0 Å². The fraction of sp³-hybridized carbons (Fsp3) is 1.00. The summed E-state index contributed by atoms with van der Waals surface area (Å²) in [5.74, 6) is 0. The fourth-order valence-corrected chi connectivity index (χ4v) is 0. The van der Waals surface area contributed by atoms with Crippen molar-refractivity contribution in [3.63, 3.8) is 0 Å². The van der Waals surface area contributed by atoms with Crippen LogP contribution < -0.4 is 37.2 Å². The van der Waals surface area contributed by atoms with Crippen molar-refractivity contribution in [2.45, 2.75) is 0 Å². The normalized spacial score (nSPS) is 6.71. The molecule has 0 aromatic rings. The average molecular weight is 323 g/mol. The molecule has 9 heteroatoms. The van der Waals surface area contributed by atoms with Crippen molar-refractivity contribution in [1.82, 2.24) is 4.90 Å². The predicted molar refractivity (Wildman–Crippen MR) is 53.4 cm³/mol. The molecule has 14 heavy (non-hydrogen) atoms. The molecule has 0 bridgehead atoms. The number of halogens is 4. The number of rotatable bonds is 0. The maximum absolute atomic E-state index is 9.63. The third kappa shape index (κ3) is 841. The van der Waals surface area contributed by atoms with Crippen LogP contribution in [-0.4, -0.2) is 64.3 Å². The molecule has 3 nitrogen and oxygen atoms in total. The first-order chi connectivity index (χ1) is 3.73. The van der Waals surface area contributed by atoms with Gasteiger partial charge in [-0.05, 0) is 21.1 Å². The first-order valence-electron chi connectivity index (χ1n) is 2.49. The van der Waals surface area contributed by atoms with Gasteiger partial charge in [0.05, 0.1) is 0 Å². The van der Waals surface area contributed by atoms with E-state index in [2.05, 4.69) is 0 Å². The van der Waals surface area contributed by atoms with Gasteiger partial charge in [0, 0.05) is 12.5 Å². The molecular weight excluding hydrogens is 307 g/mol. The van der Waals surface area contributed by atoms with Crippen molar-refractivity contribution in [1.29, 1.82) is 0 Å². The molecule has 0 aliphatic rings. The van der Waals surface area contributed by atoms with Crippen molar-refractivity contribution in [2.24, 2.45) is 0 Å². The Morgan fingerprint density at radius 1 is 0.857 bits per heavy atom. The smallest absolute Gasteiger partial charge is 1.00 e. The molecule has 0 amide bonds. The summed E-state index contributed by atoms with van der Waals surface area (Å²) in [7, 11) is 3.33. The second kappa shape index (κ2) is 24.0. The van der Waals surface area contributed by atoms with E-state index >= 15 is 0 Å². The van der Waals surface area contributed by atoms with Crippen LogP contribution in [0.1, 0.15) is 0 Å². The maximum atomic E-state index is 9.63. The van der Waals surface area contributed by atoms with E-state index in [9.17, 15) is 8.42 Å². The van der Waals surface area contributed by atoms with Crippen LogP contribution in [0.4, 0.5) is 0 Å². The summed E-state index contributed by atoms with van der Waals surface area (Å²) in [5.41, 5.74) is 0. The minimum Gasteiger partial charge on any atom is -1.00 e. The number of sulfone groups is 1. The Morgan fingerprint density at radius 3 is 0.857 bits per heavy atom. The van der Waals surface area contributed by atoms with Gasteiger partial charge in [0.2, 0.25) is 0 Å². The summed E-state index contributed by atoms with van der Waals surface area (Å²) < 4.78 is 19.3. The largest absolute Gasteiger partial charge is 3.00 e. The zero-order chi connectivity index (χ0) is 8.08. The molecule has 0 spiro atoms. The van der Waals surface area contributed by atoms with E-state index in [0.29, 0.717) is 0 Å². The predicted octanol–water partition coefficient (Wildman–Crippen LogP) is -9.11. The first-order valence-corrected chi connectivity index (χ1v) is 4.79. The molecule has 0 atom stereocenters. The van der Waals surface area contributed by atoms with Crippen molar-refractivity contribution in [2.75, 3.05) is 33.7 Å². The Kier molecular flexibility index (Phi) is 77.2. The Bertz CT molecular complexity index is 143. The van der Waals surface area contributed by atoms with Crippen LogP contribution >= 0.6 is 12.4 Å². The third-order valence-corrected chi connectivity index (χ3v) is 0. The molecule has 0 aliphatic carbocycles. The fourth-order valence-electron chi connectivity index (χ4n) is 0. The van der Waals surface area contributed by atoms with Gasteiger partial charge in [0.25, 0.3) is 0 Å². The quantitative estimate of drug-likeness (QED) is 0.416. The van der Waals surface area contributed by atoms with E-state index in [1.807, 2.05) is 26.0 Å². The SMILES string of the molecule is CN(C)C.CS(C)(=O)=O.Cl.[Al+3].[Cl-].[Cl-].[Cl-]. The second-order valence-electron chi connectivity index (χ2n) is 2.48. The third-order valence-electron chi connectivity index (χ3n) is 0. The zero-order valence-corrected chi connectivity index (χ0v) is 13.8. The van der Waals surface area contributed by atoms with Gasteiger partial charge >= 0.3 is 17.4 Å². The van der Waals surface area contributed by atoms with E-state index in [1.54, 1.807) is 0 Å². The van der Waals surface area contributed by atoms with Crippen LogP contribution in [0.5, 0.6) is 0 Å². The van der Waals surface area contributed by atoms with Crippen LogP contribution in [0.2, 0.25) is 0 Å². The summed E-state index contributed by atoms with van der Waals surface area (Å²) in [6.45, 7) is 0. The van der Waals surface area contributed by atoms with Crippen molar-refractivity contribution in [3.05, 3.63) is 0 Å². The molecule has 0 aromatic carbocycles. The van der Waals surface area contributed by atoms with Gasteiger partial charge in [-0.1, -0.05) is 0 Å². The monoisotopic (exact) mass is 321 g/mol. The molecule has 0 saturated heterocycles. The zero-order valence-electron chi connectivity index (χ0n) is 8.79. The van der Waals surface area contributed by atoms with Crippen molar-refractivity contribution < 1.29 is 45.6 Å². The topological polar surface area (TPSA) is 37.4 Å². The van der Waals surface area contributed by atoms with Gasteiger partial charge in [-0.25, -0.2) is 8.42 Å². The van der Waals surface area contributed by atoms with Gasteiger partial charge in [0.15, 0.2) is 0 Å². The molecular formula is C5H16AlCl4NO2S. The van der Waals surface area contributed by atoms with E-state index < -0.39 is 9.84 Å². The summed E-state index contributed by atoms with van der Waals surface area (Å²) >= 11 is 0. The Hall–Kier alpha value is 1.60. The van der Waals surface area contributed by atoms with Crippen LogP contribution in [0.15, 0.2) is 0 Å². The minimum absolute atomic E-state index is 0. The molecule has 0 aromatic heterocycles. The van der Waals surface area contributed by atoms with E-state index in [4.69, 9.17) is 0 Å². The van der Waals surface area contributed by atoms with Crippen LogP contribution in [0.3, 0.4) is 0 Å². The van der Waals surface area contributed by atoms with Crippen LogP contribution in [0.25, 0.3) is 0 Å². The van der Waals surface area contributed by atoms with Crippen LogP contribution in [0, 0.1) is 0 Å². The standard InChI is InChI=1S/C3H9N.C2H6O2S.Al.4ClH/c1-4(2)3;1-5(2,3)4;;;;;/h1-3H3;1-2H3;;4*1H/q;;+3;;;;/p-3. The number of hydrogen-bond donors (Lipinski definition) is 0. The van der Waals surface area contributed by atoms with Gasteiger partial charge in [0.1, 0.15) is 9.84 Å². The molecule has 0 saturated carbocycles. The molecule has 90 valence electrons. The molecule has 0 fully saturated rings. The molecule has 0 heterocycles. The van der Waals surface area contributed by atoms with Crippen molar-refractivity contribution >= 4 is 39.6 Å². The van der Waals surface area contributed by atoms with E-state index in [0.717, 1.165) is 12.5 Å². The van der Waals surface area contributed by atoms with E-state index in [-0.39, 0.29) is 67.0 Å². The Morgan fingerprint density at radius 2 is 0.857 bits per heavy atom. The summed E-state index contributed by atoms with van der Waals surface area (Å²) in [4.78, 5) is 2.00. The minimum atomic E-state index is -2.67. The Labute approximate surface area is 123 Å². The number of nitrogens with zero attached hydrogens (tertiary/aromatic N) is 1. The summed E-state index contributed by atoms with van der Waals surface area (Å²) in [6, 6.07) is 0. The molecule has 0 rings (SSSR count). The molecule has 0 radical (unpaired) electrons. The van der Waals surface area contributed by atoms with Gasteiger partial charge < -0.3 is 42.1 Å². The Balaban J connectivity index is -0.0000000104. The first kappa shape index (κ1) is 45.0. The summed E-state index contributed by atoms with van der Waals surface area (Å²) in [6.07, 6.45) is 2.32. The molecule has 0 aliphatic heterocycles. The van der Waals surface area contributed by atoms with Gasteiger partial charge in [-0.2, -0.15) is 0 Å². The average Bonchev–Trinajstić information content (AvgIpc) is 1.19. The maximum Gasteiger partial charge on any atom is 3.00 e. The van der Waals surface area contributed by atoms with Crippen LogP contribution in [-0.2, 0) is 9.84 Å². The second-order valence-corrected chi connectivity index (χ2v) is 4.77.